The Hall–Kier alpha value is -2.22. The van der Waals surface area contributed by atoms with Gasteiger partial charge in [0.15, 0.2) is 6.20 Å². The number of nitrogens with one attached hydrogen (secondary N) is 1. The number of hydrogen-bond donors (Lipinski definition) is 2. The van der Waals surface area contributed by atoms with Crippen LogP contribution in [-0.2, 0) is 0 Å². The molecule has 0 aliphatic heterocycles. The van der Waals surface area contributed by atoms with Crippen molar-refractivity contribution in [1.82, 2.24) is 9.88 Å². The third-order valence-electron chi connectivity index (χ3n) is 2.40. The van der Waals surface area contributed by atoms with Crippen molar-refractivity contribution >= 4 is 17.5 Å². The van der Waals surface area contributed by atoms with E-state index in [9.17, 15) is 14.9 Å². The lowest BCUT2D eigenvalue weighted by Crippen LogP contribution is -2.17. The normalized spacial score (nSPS) is 10.5. The van der Waals surface area contributed by atoms with Gasteiger partial charge < -0.3 is 25.4 Å². The maximum Gasteiger partial charge on any atom is 0.364 e. The van der Waals surface area contributed by atoms with Gasteiger partial charge in [-0.3, -0.25) is 0 Å². The number of aromatic carboxylic acids is 1. The molecule has 2 N–H and O–H groups in total. The van der Waals surface area contributed by atoms with Crippen molar-refractivity contribution in [2.45, 2.75) is 6.42 Å². The average molecular weight is 268 g/mol. The molecule has 8 nitrogen and oxygen atoms in total. The molecule has 19 heavy (non-hydrogen) atoms. The first-order valence-corrected chi connectivity index (χ1v) is 5.68. The Kier molecular flexibility index (Phi) is 5.19. The van der Waals surface area contributed by atoms with Crippen molar-refractivity contribution in [3.05, 3.63) is 27.9 Å². The summed E-state index contributed by atoms with van der Waals surface area (Å²) in [6, 6.07) is 0.955. The monoisotopic (exact) mass is 268 g/mol. The fourth-order valence-corrected chi connectivity index (χ4v) is 1.48. The number of anilines is 1. The van der Waals surface area contributed by atoms with Gasteiger partial charge in [0, 0.05) is 6.54 Å². The van der Waals surface area contributed by atoms with E-state index >= 15 is 0 Å². The van der Waals surface area contributed by atoms with E-state index < -0.39 is 16.7 Å². The second-order valence-corrected chi connectivity index (χ2v) is 4.23. The maximum atomic E-state index is 11.0. The van der Waals surface area contributed by atoms with Gasteiger partial charge in [0.2, 0.25) is 0 Å². The van der Waals surface area contributed by atoms with Crippen LogP contribution in [0.4, 0.5) is 11.5 Å². The smallest absolute Gasteiger partial charge is 0.364 e. The predicted octanol–water partition coefficient (Wildman–Crippen LogP) is 1.05. The van der Waals surface area contributed by atoms with E-state index in [1.54, 1.807) is 0 Å². The van der Waals surface area contributed by atoms with Crippen molar-refractivity contribution < 1.29 is 14.8 Å². The molecule has 0 saturated heterocycles. The number of nitrogens with zero attached hydrogens (tertiary/aromatic N) is 3. The Morgan fingerprint density at radius 1 is 1.58 bits per heavy atom. The van der Waals surface area contributed by atoms with Crippen molar-refractivity contribution in [3.63, 3.8) is 0 Å². The van der Waals surface area contributed by atoms with Gasteiger partial charge in [0.1, 0.15) is 0 Å². The lowest BCUT2D eigenvalue weighted by atomic mass is 10.2. The molecule has 0 aliphatic carbocycles. The number of pyridine rings is 1. The number of carboxylic acids is 1. The molecule has 0 aromatic carbocycles. The summed E-state index contributed by atoms with van der Waals surface area (Å²) in [5, 5.41) is 22.5. The second kappa shape index (κ2) is 6.64. The van der Waals surface area contributed by atoms with Crippen molar-refractivity contribution in [3.8, 4) is 0 Å². The molecule has 1 aromatic rings. The summed E-state index contributed by atoms with van der Waals surface area (Å²) < 4.78 is 0. The molecule has 0 amide bonds. The molecule has 0 fully saturated rings. The molecule has 0 unspecified atom stereocenters. The lowest BCUT2D eigenvalue weighted by molar-refractivity contribution is -0.389. The molecule has 0 saturated carbocycles. The Balaban J connectivity index is 2.77. The Bertz CT molecular complexity index is 476. The molecule has 1 rings (SSSR count). The number of rotatable bonds is 7. The maximum absolute atomic E-state index is 11.0. The molecule has 1 heterocycles. The molecular formula is C11H16N4O4. The minimum absolute atomic E-state index is 0.147. The molecule has 104 valence electrons. The number of carboxylic acid groups (broad SMARTS) is 1. The second-order valence-electron chi connectivity index (χ2n) is 4.23. The summed E-state index contributed by atoms with van der Waals surface area (Å²) in [6.45, 7) is 1.42. The number of hydrogen-bond acceptors (Lipinski definition) is 6. The van der Waals surface area contributed by atoms with E-state index in [1.807, 2.05) is 19.0 Å². The van der Waals surface area contributed by atoms with Crippen LogP contribution < -0.4 is 5.32 Å². The topological polar surface area (TPSA) is 109 Å². The first-order chi connectivity index (χ1) is 8.91. The zero-order valence-corrected chi connectivity index (χ0v) is 10.8. The fourth-order valence-electron chi connectivity index (χ4n) is 1.48. The van der Waals surface area contributed by atoms with Gasteiger partial charge in [-0.05, 0) is 37.0 Å². The third-order valence-corrected chi connectivity index (χ3v) is 2.40. The van der Waals surface area contributed by atoms with E-state index in [2.05, 4.69) is 10.3 Å². The summed E-state index contributed by atoms with van der Waals surface area (Å²) in [4.78, 5) is 26.5. The minimum atomic E-state index is -1.22. The van der Waals surface area contributed by atoms with Crippen molar-refractivity contribution in [1.29, 1.82) is 0 Å². The summed E-state index contributed by atoms with van der Waals surface area (Å²) in [7, 11) is 3.88. The third kappa shape index (κ3) is 4.51. The van der Waals surface area contributed by atoms with E-state index in [0.29, 0.717) is 6.54 Å². The van der Waals surface area contributed by atoms with Crippen LogP contribution in [0.15, 0.2) is 12.3 Å². The zero-order valence-electron chi connectivity index (χ0n) is 10.8. The number of carbonyl (C=O) groups is 1. The predicted molar refractivity (Wildman–Crippen MR) is 69.5 cm³/mol. The van der Waals surface area contributed by atoms with Gasteiger partial charge in [-0.15, -0.1) is 0 Å². The standard InChI is InChI=1S/C11H16N4O4/c1-14(2)5-3-4-12-9-7-13-10(15(18)19)6-8(9)11(16)17/h6-7,12H,3-5H2,1-2H3,(H,16,17). The molecule has 0 atom stereocenters. The van der Waals surface area contributed by atoms with Crippen LogP contribution in [0, 0.1) is 10.1 Å². The van der Waals surface area contributed by atoms with Gasteiger partial charge in [-0.25, -0.2) is 4.79 Å². The zero-order chi connectivity index (χ0) is 14.4. The summed E-state index contributed by atoms with van der Waals surface area (Å²) in [5.41, 5.74) is 0.142. The molecule has 0 aliphatic rings. The Morgan fingerprint density at radius 2 is 2.26 bits per heavy atom. The molecule has 0 spiro atoms. The highest BCUT2D eigenvalue weighted by Crippen LogP contribution is 2.19. The van der Waals surface area contributed by atoms with Crippen molar-refractivity contribution in [2.24, 2.45) is 0 Å². The van der Waals surface area contributed by atoms with Crippen LogP contribution >= 0.6 is 0 Å². The Labute approximate surface area is 110 Å². The van der Waals surface area contributed by atoms with Gasteiger partial charge in [-0.2, -0.15) is 0 Å². The molecule has 0 radical (unpaired) electrons. The first-order valence-electron chi connectivity index (χ1n) is 5.68. The van der Waals surface area contributed by atoms with E-state index in [-0.39, 0.29) is 11.3 Å². The minimum Gasteiger partial charge on any atom is -0.478 e. The van der Waals surface area contributed by atoms with Crippen LogP contribution in [0.3, 0.4) is 0 Å². The average Bonchev–Trinajstić information content (AvgIpc) is 2.34. The summed E-state index contributed by atoms with van der Waals surface area (Å²) in [5.74, 6) is -1.70. The molecular weight excluding hydrogens is 252 g/mol. The van der Waals surface area contributed by atoms with Crippen LogP contribution in [0.1, 0.15) is 16.8 Å². The SMILES string of the molecule is CN(C)CCCNc1cnc([N+](=O)[O-])cc1C(=O)O. The first kappa shape index (κ1) is 14.8. The lowest BCUT2D eigenvalue weighted by Gasteiger charge is -2.11. The highest BCUT2D eigenvalue weighted by atomic mass is 16.6. The molecule has 0 bridgehead atoms. The number of aromatic nitrogens is 1. The molecule has 8 heteroatoms. The highest BCUT2D eigenvalue weighted by molar-refractivity contribution is 5.94. The van der Waals surface area contributed by atoms with Crippen LogP contribution in [-0.4, -0.2) is 53.1 Å². The van der Waals surface area contributed by atoms with E-state index in [0.717, 1.165) is 19.0 Å². The van der Waals surface area contributed by atoms with Gasteiger partial charge in [0.05, 0.1) is 17.3 Å². The van der Waals surface area contributed by atoms with Gasteiger partial charge in [-0.1, -0.05) is 0 Å². The fraction of sp³-hybridized carbons (Fsp3) is 0.455. The highest BCUT2D eigenvalue weighted by Gasteiger charge is 2.17. The van der Waals surface area contributed by atoms with Crippen LogP contribution in [0.2, 0.25) is 0 Å². The van der Waals surface area contributed by atoms with Gasteiger partial charge >= 0.3 is 11.8 Å². The summed E-state index contributed by atoms with van der Waals surface area (Å²) >= 11 is 0. The van der Waals surface area contributed by atoms with Crippen LogP contribution in [0.25, 0.3) is 0 Å². The van der Waals surface area contributed by atoms with E-state index in [1.165, 1.54) is 6.20 Å². The van der Waals surface area contributed by atoms with Crippen molar-refractivity contribution in [2.75, 3.05) is 32.5 Å². The van der Waals surface area contributed by atoms with Crippen LogP contribution in [0.5, 0.6) is 0 Å². The van der Waals surface area contributed by atoms with E-state index in [4.69, 9.17) is 5.11 Å². The number of nitro groups is 1. The molecule has 1 aromatic heterocycles. The summed E-state index contributed by atoms with van der Waals surface area (Å²) in [6.07, 6.45) is 2.00. The largest absolute Gasteiger partial charge is 0.478 e. The quantitative estimate of drug-likeness (QED) is 0.432. The van der Waals surface area contributed by atoms with Gasteiger partial charge in [0.25, 0.3) is 0 Å². The Morgan fingerprint density at radius 3 is 2.79 bits per heavy atom.